The number of aromatic nitrogens is 4. The van der Waals surface area contributed by atoms with Crippen molar-refractivity contribution in [1.82, 2.24) is 19.9 Å². The number of halogens is 4. The standard InChI is InChI=1S/C32H27F4N5O4/c33-20-6-4-18(5-7-20)22(14-25(34)35)32(42)40-27-13-19(8-10-38-27)29-28(23-3-1-2-9-37-23)31-30(41-29)24(15-26(36)39-31)45-17-21-16-43-11-12-44-21/h1-10,13,15,21-22,25,41H,11-12,14,16-17H2,(H,38,40,42)/t21-,22-/m0/s1. The number of alkyl halides is 2. The van der Waals surface area contributed by atoms with Crippen molar-refractivity contribution in [2.45, 2.75) is 24.9 Å². The maximum absolute atomic E-state index is 14.9. The summed E-state index contributed by atoms with van der Waals surface area (Å²) in [5, 5.41) is 2.61. The molecule has 1 aliphatic rings. The molecule has 1 aliphatic heterocycles. The summed E-state index contributed by atoms with van der Waals surface area (Å²) in [6.07, 6.45) is -0.846. The van der Waals surface area contributed by atoms with E-state index in [2.05, 4.69) is 25.3 Å². The molecule has 2 N–H and O–H groups in total. The number of hydrogen-bond acceptors (Lipinski definition) is 7. The van der Waals surface area contributed by atoms with Gasteiger partial charge in [-0.25, -0.2) is 23.1 Å². The Balaban J connectivity index is 1.37. The SMILES string of the molecule is O=C(Nc1cc(-c2[nH]c3c(OC[C@@H]4COCCO4)cc(F)nc3c2-c2ccccn2)ccn1)[C@@H](CC(F)F)c1ccc(F)cc1. The van der Waals surface area contributed by atoms with Gasteiger partial charge in [0.25, 0.3) is 0 Å². The number of nitrogens with zero attached hydrogens (tertiary/aromatic N) is 3. The van der Waals surface area contributed by atoms with Crippen LogP contribution >= 0.6 is 0 Å². The van der Waals surface area contributed by atoms with Crippen molar-refractivity contribution in [1.29, 1.82) is 0 Å². The molecule has 0 aliphatic carbocycles. The third-order valence-electron chi connectivity index (χ3n) is 7.22. The first-order chi connectivity index (χ1) is 21.9. The molecular weight excluding hydrogens is 594 g/mol. The number of amides is 1. The van der Waals surface area contributed by atoms with E-state index in [4.69, 9.17) is 14.2 Å². The normalized spacial score (nSPS) is 15.7. The minimum atomic E-state index is -2.78. The van der Waals surface area contributed by atoms with Crippen molar-refractivity contribution < 1.29 is 36.6 Å². The molecule has 5 heterocycles. The Hall–Kier alpha value is -4.88. The molecule has 1 fully saturated rings. The second kappa shape index (κ2) is 13.4. The zero-order chi connectivity index (χ0) is 31.3. The largest absolute Gasteiger partial charge is 0.488 e. The fraction of sp³-hybridized carbons (Fsp3) is 0.250. The molecule has 0 spiro atoms. The Morgan fingerprint density at radius 1 is 1.04 bits per heavy atom. The average Bonchev–Trinajstić information content (AvgIpc) is 3.43. The van der Waals surface area contributed by atoms with Gasteiger partial charge in [-0.1, -0.05) is 18.2 Å². The van der Waals surface area contributed by atoms with E-state index in [1.165, 1.54) is 24.4 Å². The van der Waals surface area contributed by atoms with Gasteiger partial charge in [-0.05, 0) is 42.0 Å². The summed E-state index contributed by atoms with van der Waals surface area (Å²) in [7, 11) is 0. The number of pyridine rings is 3. The molecule has 0 saturated carbocycles. The smallest absolute Gasteiger partial charge is 0.239 e. The van der Waals surface area contributed by atoms with Crippen molar-refractivity contribution in [2.75, 3.05) is 31.7 Å². The third-order valence-corrected chi connectivity index (χ3v) is 7.22. The van der Waals surface area contributed by atoms with Gasteiger partial charge in [0, 0.05) is 30.4 Å². The molecule has 5 aromatic rings. The highest BCUT2D eigenvalue weighted by molar-refractivity contribution is 6.03. The van der Waals surface area contributed by atoms with E-state index in [0.29, 0.717) is 47.9 Å². The summed E-state index contributed by atoms with van der Waals surface area (Å²) in [6, 6.07) is 14.5. The molecule has 2 atom stereocenters. The second-order valence-corrected chi connectivity index (χ2v) is 10.3. The molecule has 4 aromatic heterocycles. The van der Waals surface area contributed by atoms with Crippen LogP contribution in [0.1, 0.15) is 17.9 Å². The fourth-order valence-electron chi connectivity index (χ4n) is 5.14. The zero-order valence-electron chi connectivity index (χ0n) is 23.7. The molecular formula is C32H27F4N5O4. The maximum atomic E-state index is 14.9. The van der Waals surface area contributed by atoms with Crippen molar-refractivity contribution >= 4 is 22.8 Å². The van der Waals surface area contributed by atoms with Crippen molar-refractivity contribution in [3.05, 3.63) is 90.4 Å². The Bertz CT molecular complexity index is 1780. The molecule has 1 saturated heterocycles. The van der Waals surface area contributed by atoms with Gasteiger partial charge in [-0.2, -0.15) is 4.39 Å². The number of ether oxygens (including phenoxy) is 3. The van der Waals surface area contributed by atoms with Crippen LogP contribution in [0, 0.1) is 11.8 Å². The molecule has 0 radical (unpaired) electrons. The number of carbonyl (C=O) groups is 1. The second-order valence-electron chi connectivity index (χ2n) is 10.3. The highest BCUT2D eigenvalue weighted by atomic mass is 19.3. The molecule has 6 rings (SSSR count). The highest BCUT2D eigenvalue weighted by Crippen LogP contribution is 2.40. The summed E-state index contributed by atoms with van der Waals surface area (Å²) >= 11 is 0. The Kier molecular flexibility index (Phi) is 8.98. The maximum Gasteiger partial charge on any atom is 0.239 e. The number of fused-ring (bicyclic) bond motifs is 1. The highest BCUT2D eigenvalue weighted by Gasteiger charge is 2.26. The minimum Gasteiger partial charge on any atom is -0.488 e. The van der Waals surface area contributed by atoms with E-state index >= 15 is 0 Å². The number of rotatable bonds is 10. The van der Waals surface area contributed by atoms with Crippen molar-refractivity contribution in [3.63, 3.8) is 0 Å². The molecule has 232 valence electrons. The van der Waals surface area contributed by atoms with E-state index in [0.717, 1.165) is 12.1 Å². The van der Waals surface area contributed by atoms with Crippen LogP contribution < -0.4 is 10.1 Å². The van der Waals surface area contributed by atoms with Crippen LogP contribution in [-0.4, -0.2) is 64.8 Å². The van der Waals surface area contributed by atoms with Gasteiger partial charge in [-0.3, -0.25) is 9.78 Å². The molecule has 9 nitrogen and oxygen atoms in total. The van der Waals surface area contributed by atoms with Gasteiger partial charge in [0.15, 0.2) is 0 Å². The van der Waals surface area contributed by atoms with Gasteiger partial charge >= 0.3 is 0 Å². The van der Waals surface area contributed by atoms with Gasteiger partial charge < -0.3 is 24.5 Å². The Labute approximate surface area is 254 Å². The number of hydrogen-bond donors (Lipinski definition) is 2. The van der Waals surface area contributed by atoms with E-state index in [1.54, 1.807) is 36.5 Å². The summed E-state index contributed by atoms with van der Waals surface area (Å²) in [5.41, 5.74) is 2.85. The first-order valence-electron chi connectivity index (χ1n) is 14.1. The van der Waals surface area contributed by atoms with Crippen LogP contribution in [0.3, 0.4) is 0 Å². The lowest BCUT2D eigenvalue weighted by Crippen LogP contribution is -2.33. The number of carbonyl (C=O) groups excluding carboxylic acids is 1. The van der Waals surface area contributed by atoms with E-state index in [-0.39, 0.29) is 35.4 Å². The van der Waals surface area contributed by atoms with Gasteiger partial charge in [0.2, 0.25) is 18.3 Å². The van der Waals surface area contributed by atoms with Crippen molar-refractivity contribution in [3.8, 4) is 28.3 Å². The number of nitrogens with one attached hydrogen (secondary N) is 2. The van der Waals surface area contributed by atoms with Crippen LogP contribution in [0.4, 0.5) is 23.4 Å². The minimum absolute atomic E-state index is 0.0783. The molecule has 1 amide bonds. The van der Waals surface area contributed by atoms with Crippen molar-refractivity contribution in [2.24, 2.45) is 0 Å². The molecule has 1 aromatic carbocycles. The predicted octanol–water partition coefficient (Wildman–Crippen LogP) is 6.14. The monoisotopic (exact) mass is 621 g/mol. The molecule has 13 heteroatoms. The topological polar surface area (TPSA) is 111 Å². The first-order valence-corrected chi connectivity index (χ1v) is 14.1. The summed E-state index contributed by atoms with van der Waals surface area (Å²) < 4.78 is 72.3. The quantitative estimate of drug-likeness (QED) is 0.142. The summed E-state index contributed by atoms with van der Waals surface area (Å²) in [4.78, 5) is 29.3. The van der Waals surface area contributed by atoms with Gasteiger partial charge in [0.05, 0.1) is 42.7 Å². The van der Waals surface area contributed by atoms with E-state index in [1.807, 2.05) is 0 Å². The molecule has 0 bridgehead atoms. The lowest BCUT2D eigenvalue weighted by Gasteiger charge is -2.23. The molecule has 45 heavy (non-hydrogen) atoms. The number of aromatic amines is 1. The van der Waals surface area contributed by atoms with Gasteiger partial charge in [-0.15, -0.1) is 0 Å². The van der Waals surface area contributed by atoms with Crippen LogP contribution in [0.25, 0.3) is 33.5 Å². The van der Waals surface area contributed by atoms with Gasteiger partial charge in [0.1, 0.15) is 41.1 Å². The molecule has 0 unspecified atom stereocenters. The number of H-pyrrole nitrogens is 1. The van der Waals surface area contributed by atoms with Crippen LogP contribution in [0.5, 0.6) is 5.75 Å². The Morgan fingerprint density at radius 2 is 1.89 bits per heavy atom. The average molecular weight is 622 g/mol. The summed E-state index contributed by atoms with van der Waals surface area (Å²) in [5.74, 6) is -3.03. The summed E-state index contributed by atoms with van der Waals surface area (Å²) in [6.45, 7) is 1.38. The Morgan fingerprint density at radius 3 is 2.62 bits per heavy atom. The van der Waals surface area contributed by atoms with Crippen LogP contribution in [-0.2, 0) is 14.3 Å². The zero-order valence-corrected chi connectivity index (χ0v) is 23.7. The van der Waals surface area contributed by atoms with Crippen LogP contribution in [0.15, 0.2) is 73.1 Å². The predicted molar refractivity (Wildman–Crippen MR) is 157 cm³/mol. The fourth-order valence-corrected chi connectivity index (χ4v) is 5.14. The lowest BCUT2D eigenvalue weighted by atomic mass is 9.95. The van der Waals surface area contributed by atoms with Crippen LogP contribution in [0.2, 0.25) is 0 Å². The number of benzene rings is 1. The van der Waals surface area contributed by atoms with E-state index < -0.39 is 36.4 Å². The van der Waals surface area contributed by atoms with E-state index in [9.17, 15) is 22.4 Å². The first kappa shape index (κ1) is 30.2. The third kappa shape index (κ3) is 6.94. The lowest BCUT2D eigenvalue weighted by molar-refractivity contribution is -0.118. The number of anilines is 1.